The van der Waals surface area contributed by atoms with Gasteiger partial charge >= 0.3 is 39.5 Å². The maximum Gasteiger partial charge on any atom is 0.472 e. The molecule has 0 aliphatic heterocycles. The fourth-order valence-electron chi connectivity index (χ4n) is 10.4. The van der Waals surface area contributed by atoms with Crippen LogP contribution in [0.15, 0.2) is 0 Å². The molecule has 3 N–H and O–H groups in total. The molecule has 0 rings (SSSR count). The number of phosphoric ester groups is 2. The second-order valence-electron chi connectivity index (χ2n) is 25.9. The SMILES string of the molecule is CCCCCCCCCCCCCCCCCCC(=O)O[C@H](COC(=O)CCCCCCCCCCCC(C)C)COP(=O)(O)OC[C@@H](O)COP(=O)(O)OC[C@@H](COC(=O)CCCCCCCCCC)OC(=O)CCCCCCCCCCCC(C)C. The number of rotatable bonds is 68. The van der Waals surface area contributed by atoms with E-state index >= 15 is 0 Å². The lowest BCUT2D eigenvalue weighted by molar-refractivity contribution is -0.161. The van der Waals surface area contributed by atoms with Gasteiger partial charge in [-0.1, -0.05) is 298 Å². The Balaban J connectivity index is 5.22. The van der Waals surface area contributed by atoms with Crippen molar-refractivity contribution in [3.63, 3.8) is 0 Å². The molecule has 0 saturated carbocycles. The number of carbonyl (C=O) groups excluding carboxylic acids is 4. The molecule has 0 aromatic heterocycles. The average molecular weight is 1300 g/mol. The number of esters is 4. The van der Waals surface area contributed by atoms with Crippen molar-refractivity contribution in [1.29, 1.82) is 0 Å². The van der Waals surface area contributed by atoms with Crippen LogP contribution in [0.2, 0.25) is 0 Å². The molecule has 0 saturated heterocycles. The Morgan fingerprint density at radius 3 is 0.773 bits per heavy atom. The molecular formula is C69H134O17P2. The van der Waals surface area contributed by atoms with Gasteiger partial charge in [0.15, 0.2) is 12.2 Å². The fraction of sp³-hybridized carbons (Fsp3) is 0.942. The maximum absolute atomic E-state index is 13.0. The van der Waals surface area contributed by atoms with Crippen molar-refractivity contribution in [2.75, 3.05) is 39.6 Å². The molecule has 19 heteroatoms. The molecule has 0 aromatic rings. The second-order valence-corrected chi connectivity index (χ2v) is 28.8. The van der Waals surface area contributed by atoms with Crippen molar-refractivity contribution in [2.24, 2.45) is 11.8 Å². The molecule has 17 nitrogen and oxygen atoms in total. The van der Waals surface area contributed by atoms with Crippen molar-refractivity contribution in [3.8, 4) is 0 Å². The van der Waals surface area contributed by atoms with Crippen LogP contribution in [-0.2, 0) is 65.4 Å². The quantitative estimate of drug-likeness (QED) is 0.0222. The van der Waals surface area contributed by atoms with Gasteiger partial charge in [0, 0.05) is 25.7 Å². The fourth-order valence-corrected chi connectivity index (χ4v) is 12.0. The third-order valence-corrected chi connectivity index (χ3v) is 17.9. The molecule has 0 amide bonds. The van der Waals surface area contributed by atoms with Crippen LogP contribution in [0, 0.1) is 11.8 Å². The minimum atomic E-state index is -4.95. The van der Waals surface area contributed by atoms with Gasteiger partial charge in [-0.05, 0) is 37.5 Å². The molecule has 0 aromatic carbocycles. The Labute approximate surface area is 537 Å². The number of aliphatic hydroxyl groups is 1. The van der Waals surface area contributed by atoms with Gasteiger partial charge in [-0.2, -0.15) is 0 Å². The van der Waals surface area contributed by atoms with Crippen LogP contribution in [0.3, 0.4) is 0 Å². The largest absolute Gasteiger partial charge is 0.472 e. The molecule has 0 spiro atoms. The van der Waals surface area contributed by atoms with E-state index in [1.165, 1.54) is 161 Å². The zero-order valence-electron chi connectivity index (χ0n) is 57.0. The van der Waals surface area contributed by atoms with Crippen LogP contribution >= 0.6 is 15.6 Å². The van der Waals surface area contributed by atoms with Crippen molar-refractivity contribution >= 4 is 39.5 Å². The summed E-state index contributed by atoms with van der Waals surface area (Å²) in [6.07, 6.45) is 45.9. The number of phosphoric acid groups is 2. The number of unbranched alkanes of at least 4 members (excludes halogenated alkanes) is 38. The van der Waals surface area contributed by atoms with Crippen LogP contribution in [0.25, 0.3) is 0 Å². The minimum Gasteiger partial charge on any atom is -0.462 e. The van der Waals surface area contributed by atoms with Gasteiger partial charge in [0.2, 0.25) is 0 Å². The van der Waals surface area contributed by atoms with Gasteiger partial charge in [-0.25, -0.2) is 9.13 Å². The lowest BCUT2D eigenvalue weighted by atomic mass is 10.0. The summed E-state index contributed by atoms with van der Waals surface area (Å²) in [4.78, 5) is 72.4. The maximum atomic E-state index is 13.0. The molecule has 0 fully saturated rings. The van der Waals surface area contributed by atoms with E-state index < -0.39 is 97.5 Å². The summed E-state index contributed by atoms with van der Waals surface area (Å²) in [6, 6.07) is 0. The lowest BCUT2D eigenvalue weighted by Gasteiger charge is -2.21. The van der Waals surface area contributed by atoms with Crippen LogP contribution < -0.4 is 0 Å². The van der Waals surface area contributed by atoms with E-state index in [0.717, 1.165) is 108 Å². The highest BCUT2D eigenvalue weighted by Gasteiger charge is 2.30. The van der Waals surface area contributed by atoms with Crippen LogP contribution in [0.1, 0.15) is 350 Å². The second kappa shape index (κ2) is 61.3. The summed E-state index contributed by atoms with van der Waals surface area (Å²) < 4.78 is 68.2. The first-order valence-corrected chi connectivity index (χ1v) is 39.0. The zero-order chi connectivity index (χ0) is 65.0. The van der Waals surface area contributed by atoms with Gasteiger partial charge in [0.25, 0.3) is 0 Å². The van der Waals surface area contributed by atoms with Crippen molar-refractivity contribution in [1.82, 2.24) is 0 Å². The topological polar surface area (TPSA) is 237 Å². The van der Waals surface area contributed by atoms with E-state index in [4.69, 9.17) is 37.0 Å². The molecule has 5 atom stereocenters. The molecule has 0 aliphatic carbocycles. The molecule has 0 radical (unpaired) electrons. The summed E-state index contributed by atoms with van der Waals surface area (Å²) in [7, 11) is -9.89. The summed E-state index contributed by atoms with van der Waals surface area (Å²) in [6.45, 7) is 9.48. The highest BCUT2D eigenvalue weighted by Crippen LogP contribution is 2.45. The Morgan fingerprint density at radius 2 is 0.523 bits per heavy atom. The van der Waals surface area contributed by atoms with Gasteiger partial charge in [-0.15, -0.1) is 0 Å². The van der Waals surface area contributed by atoms with E-state index in [1.54, 1.807) is 0 Å². The Kier molecular flexibility index (Phi) is 59.9. The Hall–Kier alpha value is -1.94. The highest BCUT2D eigenvalue weighted by molar-refractivity contribution is 7.47. The first kappa shape index (κ1) is 86.1. The molecule has 0 heterocycles. The van der Waals surface area contributed by atoms with E-state index in [-0.39, 0.29) is 25.7 Å². The van der Waals surface area contributed by atoms with Gasteiger partial charge < -0.3 is 33.8 Å². The van der Waals surface area contributed by atoms with E-state index in [0.29, 0.717) is 25.7 Å². The Morgan fingerprint density at radius 1 is 0.307 bits per heavy atom. The number of hydrogen-bond donors (Lipinski definition) is 3. The first-order chi connectivity index (χ1) is 42.4. The van der Waals surface area contributed by atoms with Crippen LogP contribution in [0.5, 0.6) is 0 Å². The van der Waals surface area contributed by atoms with E-state index in [2.05, 4.69) is 41.5 Å². The average Bonchev–Trinajstić information content (AvgIpc) is 3.53. The van der Waals surface area contributed by atoms with Crippen LogP contribution in [0.4, 0.5) is 0 Å². The highest BCUT2D eigenvalue weighted by atomic mass is 31.2. The van der Waals surface area contributed by atoms with Gasteiger partial charge in [-0.3, -0.25) is 37.3 Å². The minimum absolute atomic E-state index is 0.105. The number of carbonyl (C=O) groups is 4. The molecule has 0 bridgehead atoms. The summed E-state index contributed by atoms with van der Waals surface area (Å²) in [5.74, 6) is -0.647. The number of ether oxygens (including phenoxy) is 4. The zero-order valence-corrected chi connectivity index (χ0v) is 58.8. The first-order valence-electron chi connectivity index (χ1n) is 36.0. The van der Waals surface area contributed by atoms with E-state index in [1.807, 2.05) is 0 Å². The Bertz CT molecular complexity index is 1720. The van der Waals surface area contributed by atoms with Crippen molar-refractivity contribution in [2.45, 2.75) is 368 Å². The standard InChI is InChI=1S/C69H134O17P2/c1-7-9-11-13-15-17-18-19-20-21-22-23-28-35-41-47-53-68(73)85-65(58-80-67(72)52-46-40-34-29-24-26-31-37-43-49-61(3)4)60-84-88(77,78)82-56-63(70)55-81-87(75,76)83-59-64(57-79-66(71)51-45-39-33-16-14-12-10-8-2)86-69(74)54-48-42-36-30-25-27-32-38-44-50-62(5)6/h61-65,70H,7-60H2,1-6H3,(H,75,76)(H,77,78)/t63-,64+,65+/m0/s1. The molecule has 522 valence electrons. The number of aliphatic hydroxyl groups excluding tert-OH is 1. The van der Waals surface area contributed by atoms with E-state index in [9.17, 15) is 43.2 Å². The normalized spacial score (nSPS) is 14.2. The molecule has 88 heavy (non-hydrogen) atoms. The van der Waals surface area contributed by atoms with Crippen LogP contribution in [-0.4, -0.2) is 96.7 Å². The molecular weight excluding hydrogens is 1160 g/mol. The molecule has 2 unspecified atom stereocenters. The van der Waals surface area contributed by atoms with Gasteiger partial charge in [0.05, 0.1) is 26.4 Å². The smallest absolute Gasteiger partial charge is 0.462 e. The lowest BCUT2D eigenvalue weighted by Crippen LogP contribution is -2.30. The summed E-state index contributed by atoms with van der Waals surface area (Å²) >= 11 is 0. The third kappa shape index (κ3) is 62.8. The van der Waals surface area contributed by atoms with Crippen molar-refractivity contribution in [3.05, 3.63) is 0 Å². The van der Waals surface area contributed by atoms with Crippen molar-refractivity contribution < 1.29 is 80.2 Å². The van der Waals surface area contributed by atoms with Gasteiger partial charge in [0.1, 0.15) is 19.3 Å². The predicted octanol–water partition coefficient (Wildman–Crippen LogP) is 19.6. The summed E-state index contributed by atoms with van der Waals surface area (Å²) in [5.41, 5.74) is 0. The molecule has 0 aliphatic rings. The summed E-state index contributed by atoms with van der Waals surface area (Å²) in [5, 5.41) is 10.6. The number of hydrogen-bond acceptors (Lipinski definition) is 15. The monoisotopic (exact) mass is 1300 g/mol. The predicted molar refractivity (Wildman–Crippen MR) is 354 cm³/mol. The third-order valence-electron chi connectivity index (χ3n) is 16.0.